The van der Waals surface area contributed by atoms with E-state index < -0.39 is 0 Å². The van der Waals surface area contributed by atoms with Gasteiger partial charge in [0.15, 0.2) is 0 Å². The Morgan fingerprint density at radius 2 is 2.05 bits per heavy atom. The predicted molar refractivity (Wildman–Crippen MR) is 93.5 cm³/mol. The quantitative estimate of drug-likeness (QED) is 0.823. The molecule has 0 aliphatic rings. The van der Waals surface area contributed by atoms with Crippen molar-refractivity contribution in [1.82, 2.24) is 15.2 Å². The molecule has 21 heavy (non-hydrogen) atoms. The van der Waals surface area contributed by atoms with Crippen LogP contribution in [0.1, 0.15) is 26.3 Å². The fourth-order valence-corrected chi connectivity index (χ4v) is 3.28. The molecule has 1 aromatic carbocycles. The summed E-state index contributed by atoms with van der Waals surface area (Å²) in [6.07, 6.45) is 1.86. The van der Waals surface area contributed by atoms with Gasteiger partial charge in [-0.15, -0.1) is 0 Å². The number of nitrogens with one attached hydrogen (secondary N) is 1. The van der Waals surface area contributed by atoms with E-state index in [1.54, 1.807) is 0 Å². The van der Waals surface area contributed by atoms with Gasteiger partial charge in [0.25, 0.3) is 0 Å². The normalized spacial score (nSPS) is 13.0. The van der Waals surface area contributed by atoms with Gasteiger partial charge in [-0.3, -0.25) is 9.88 Å². The van der Waals surface area contributed by atoms with E-state index in [-0.39, 0.29) is 0 Å². The minimum absolute atomic E-state index is 0.548. The van der Waals surface area contributed by atoms with Crippen molar-refractivity contribution in [3.63, 3.8) is 0 Å². The zero-order valence-corrected chi connectivity index (χ0v) is 14.7. The molecule has 0 amide bonds. The second-order valence-electron chi connectivity index (χ2n) is 5.34. The zero-order chi connectivity index (χ0) is 15.2. The van der Waals surface area contributed by atoms with Gasteiger partial charge in [0, 0.05) is 35.2 Å². The molecule has 0 aliphatic heterocycles. The van der Waals surface area contributed by atoms with E-state index in [9.17, 15) is 0 Å². The van der Waals surface area contributed by atoms with E-state index in [0.29, 0.717) is 6.04 Å². The highest BCUT2D eigenvalue weighted by Gasteiger charge is 2.10. The molecule has 0 aliphatic carbocycles. The molecule has 1 atom stereocenters. The summed E-state index contributed by atoms with van der Waals surface area (Å²) in [5.41, 5.74) is 2.33. The lowest BCUT2D eigenvalue weighted by atomic mass is 10.1. The molecule has 0 bridgehead atoms. The number of halogens is 1. The van der Waals surface area contributed by atoms with E-state index in [1.807, 2.05) is 12.3 Å². The van der Waals surface area contributed by atoms with Crippen molar-refractivity contribution in [2.75, 3.05) is 19.6 Å². The Bertz CT molecular complexity index is 581. The van der Waals surface area contributed by atoms with Crippen molar-refractivity contribution in [1.29, 1.82) is 0 Å². The van der Waals surface area contributed by atoms with Gasteiger partial charge in [0.2, 0.25) is 0 Å². The summed E-state index contributed by atoms with van der Waals surface area (Å²) in [5.74, 6) is 0. The molecule has 0 fully saturated rings. The van der Waals surface area contributed by atoms with Crippen molar-refractivity contribution in [2.24, 2.45) is 0 Å². The smallest absolute Gasteiger partial charge is 0.0747 e. The molecule has 2 rings (SSSR count). The molecule has 3 nitrogen and oxygen atoms in total. The summed E-state index contributed by atoms with van der Waals surface area (Å²) in [7, 11) is 0. The molecule has 0 saturated carbocycles. The molecule has 0 radical (unpaired) electrons. The van der Waals surface area contributed by atoms with Gasteiger partial charge >= 0.3 is 0 Å². The number of fused-ring (bicyclic) bond motifs is 1. The fraction of sp³-hybridized carbons (Fsp3) is 0.471. The first-order valence-electron chi connectivity index (χ1n) is 7.63. The van der Waals surface area contributed by atoms with Gasteiger partial charge in [-0.1, -0.05) is 35.8 Å². The standard InChI is InChI=1S/C17H24BrN3/c1-4-21(5-2)13(3)11-19-12-15-10-16(18)9-14-7-6-8-20-17(14)15/h6-10,13,19H,4-5,11-12H2,1-3H3/t13-/m1/s1. The van der Waals surface area contributed by atoms with Crippen molar-refractivity contribution in [2.45, 2.75) is 33.4 Å². The topological polar surface area (TPSA) is 28.2 Å². The first-order chi connectivity index (χ1) is 10.2. The third-order valence-corrected chi connectivity index (χ3v) is 4.40. The van der Waals surface area contributed by atoms with Crippen molar-refractivity contribution >= 4 is 26.8 Å². The van der Waals surface area contributed by atoms with E-state index in [0.717, 1.165) is 36.2 Å². The fourth-order valence-electron chi connectivity index (χ4n) is 2.75. The average Bonchev–Trinajstić information content (AvgIpc) is 2.48. The van der Waals surface area contributed by atoms with Gasteiger partial charge in [-0.2, -0.15) is 0 Å². The molecular weight excluding hydrogens is 326 g/mol. The lowest BCUT2D eigenvalue weighted by Crippen LogP contribution is -2.40. The van der Waals surface area contributed by atoms with Crippen molar-refractivity contribution in [3.8, 4) is 0 Å². The van der Waals surface area contributed by atoms with Crippen LogP contribution in [0.15, 0.2) is 34.9 Å². The maximum Gasteiger partial charge on any atom is 0.0747 e. The molecule has 0 saturated heterocycles. The van der Waals surface area contributed by atoms with Crippen molar-refractivity contribution in [3.05, 3.63) is 40.5 Å². The molecule has 1 heterocycles. The Labute approximate surface area is 135 Å². The molecule has 0 spiro atoms. The average molecular weight is 350 g/mol. The summed E-state index contributed by atoms with van der Waals surface area (Å²) < 4.78 is 1.11. The molecule has 1 N–H and O–H groups in total. The monoisotopic (exact) mass is 349 g/mol. The first kappa shape index (κ1) is 16.4. The van der Waals surface area contributed by atoms with Crippen LogP contribution in [0.25, 0.3) is 10.9 Å². The van der Waals surface area contributed by atoms with Crippen LogP contribution >= 0.6 is 15.9 Å². The molecule has 0 unspecified atom stereocenters. The van der Waals surface area contributed by atoms with Crippen LogP contribution in [0.5, 0.6) is 0 Å². The van der Waals surface area contributed by atoms with Gasteiger partial charge in [-0.05, 0) is 43.8 Å². The van der Waals surface area contributed by atoms with Gasteiger partial charge in [0.05, 0.1) is 5.52 Å². The molecular formula is C17H24BrN3. The number of nitrogens with zero attached hydrogens (tertiary/aromatic N) is 2. The highest BCUT2D eigenvalue weighted by atomic mass is 79.9. The van der Waals surface area contributed by atoms with Crippen LogP contribution in [-0.4, -0.2) is 35.6 Å². The number of rotatable bonds is 7. The number of hydrogen-bond acceptors (Lipinski definition) is 3. The van der Waals surface area contributed by atoms with Crippen LogP contribution in [0.2, 0.25) is 0 Å². The summed E-state index contributed by atoms with van der Waals surface area (Å²) in [5, 5.41) is 4.75. The summed E-state index contributed by atoms with van der Waals surface area (Å²) in [4.78, 5) is 6.98. The Morgan fingerprint density at radius 1 is 1.29 bits per heavy atom. The number of hydrogen-bond donors (Lipinski definition) is 1. The third-order valence-electron chi connectivity index (χ3n) is 3.94. The summed E-state index contributed by atoms with van der Waals surface area (Å²) in [6, 6.07) is 8.91. The van der Waals surface area contributed by atoms with Crippen LogP contribution in [0, 0.1) is 0 Å². The Hall–Kier alpha value is -0.970. The predicted octanol–water partition coefficient (Wildman–Crippen LogP) is 3.82. The minimum Gasteiger partial charge on any atom is -0.311 e. The van der Waals surface area contributed by atoms with E-state index in [4.69, 9.17) is 0 Å². The van der Waals surface area contributed by atoms with E-state index in [1.165, 1.54) is 10.9 Å². The Balaban J connectivity index is 2.04. The second kappa shape index (κ2) is 7.87. The summed E-state index contributed by atoms with van der Waals surface area (Å²) >= 11 is 3.59. The Kier molecular flexibility index (Phi) is 6.15. The number of pyridine rings is 1. The highest BCUT2D eigenvalue weighted by Crippen LogP contribution is 2.22. The van der Waals surface area contributed by atoms with Crippen LogP contribution in [-0.2, 0) is 6.54 Å². The van der Waals surface area contributed by atoms with Gasteiger partial charge in [0.1, 0.15) is 0 Å². The van der Waals surface area contributed by atoms with E-state index in [2.05, 4.69) is 70.1 Å². The lowest BCUT2D eigenvalue weighted by Gasteiger charge is -2.26. The number of benzene rings is 1. The summed E-state index contributed by atoms with van der Waals surface area (Å²) in [6.45, 7) is 10.7. The second-order valence-corrected chi connectivity index (χ2v) is 6.26. The number of aromatic nitrogens is 1. The molecule has 114 valence electrons. The van der Waals surface area contributed by atoms with Crippen LogP contribution in [0.4, 0.5) is 0 Å². The van der Waals surface area contributed by atoms with E-state index >= 15 is 0 Å². The Morgan fingerprint density at radius 3 is 2.76 bits per heavy atom. The first-order valence-corrected chi connectivity index (χ1v) is 8.42. The van der Waals surface area contributed by atoms with Gasteiger partial charge in [-0.25, -0.2) is 0 Å². The molecule has 2 aromatic rings. The minimum atomic E-state index is 0.548. The van der Waals surface area contributed by atoms with Crippen molar-refractivity contribution < 1.29 is 0 Å². The maximum absolute atomic E-state index is 4.52. The molecule has 1 aromatic heterocycles. The van der Waals surface area contributed by atoms with Crippen LogP contribution in [0.3, 0.4) is 0 Å². The SMILES string of the molecule is CCN(CC)[C@H](C)CNCc1cc(Br)cc2cccnc12. The highest BCUT2D eigenvalue weighted by molar-refractivity contribution is 9.10. The zero-order valence-electron chi connectivity index (χ0n) is 13.1. The molecule has 4 heteroatoms. The van der Waals surface area contributed by atoms with Crippen LogP contribution < -0.4 is 5.32 Å². The largest absolute Gasteiger partial charge is 0.311 e. The lowest BCUT2D eigenvalue weighted by molar-refractivity contribution is 0.225. The third kappa shape index (κ3) is 4.25. The van der Waals surface area contributed by atoms with Gasteiger partial charge < -0.3 is 5.32 Å². The number of likely N-dealkylation sites (N-methyl/N-ethyl adjacent to an activating group) is 1. The maximum atomic E-state index is 4.52.